The van der Waals surface area contributed by atoms with Crippen LogP contribution in [0.1, 0.15) is 31.9 Å². The summed E-state index contributed by atoms with van der Waals surface area (Å²) in [6, 6.07) is 5.97. The maximum atomic E-state index is 11.6. The summed E-state index contributed by atoms with van der Waals surface area (Å²) < 4.78 is 11.2. The molecule has 1 N–H and O–H groups in total. The Balaban J connectivity index is 2.16. The van der Waals surface area contributed by atoms with Crippen molar-refractivity contribution in [2.45, 2.75) is 57.9 Å². The Kier molecular flexibility index (Phi) is 4.68. The van der Waals surface area contributed by atoms with Gasteiger partial charge in [0.1, 0.15) is 11.8 Å². The third kappa shape index (κ3) is 3.52. The zero-order valence-electron chi connectivity index (χ0n) is 14.4. The maximum absolute atomic E-state index is 11.6. The number of methoxy groups -OCH3 is 1. The topological polar surface area (TPSA) is 47.6 Å². The van der Waals surface area contributed by atoms with Gasteiger partial charge in [-0.15, -0.1) is 0 Å². The van der Waals surface area contributed by atoms with Crippen LogP contribution in [0.3, 0.4) is 0 Å². The minimum absolute atomic E-state index is 0.178. The van der Waals surface area contributed by atoms with Crippen molar-refractivity contribution in [3.05, 3.63) is 29.3 Å². The van der Waals surface area contributed by atoms with E-state index in [2.05, 4.69) is 51.3 Å². The third-order valence-electron chi connectivity index (χ3n) is 4.81. The molecule has 4 nitrogen and oxygen atoms in total. The number of carbonyl (C=O) groups excluding carboxylic acids is 1. The van der Waals surface area contributed by atoms with Gasteiger partial charge in [0, 0.05) is 6.54 Å². The Labute approximate surface area is 134 Å². The Bertz CT molecular complexity index is 564. The van der Waals surface area contributed by atoms with Crippen LogP contribution in [0.25, 0.3) is 0 Å². The highest BCUT2D eigenvalue weighted by Crippen LogP contribution is 2.37. The smallest absolute Gasteiger partial charge is 0.323 e. The molecule has 0 fully saturated rings. The Morgan fingerprint density at radius 2 is 1.95 bits per heavy atom. The van der Waals surface area contributed by atoms with Crippen molar-refractivity contribution >= 4 is 14.3 Å². The Morgan fingerprint density at radius 1 is 1.27 bits per heavy atom. The molecule has 5 heteroatoms. The van der Waals surface area contributed by atoms with Gasteiger partial charge in [0.2, 0.25) is 8.32 Å². The first-order chi connectivity index (χ1) is 10.1. The zero-order valence-corrected chi connectivity index (χ0v) is 15.4. The second-order valence-electron chi connectivity index (χ2n) is 7.45. The number of fused-ring (bicyclic) bond motifs is 1. The lowest BCUT2D eigenvalue weighted by Crippen LogP contribution is -2.44. The average molecular weight is 321 g/mol. The number of esters is 1. The predicted molar refractivity (Wildman–Crippen MR) is 90.6 cm³/mol. The van der Waals surface area contributed by atoms with E-state index in [1.807, 2.05) is 6.07 Å². The molecule has 0 saturated heterocycles. The molecule has 1 heterocycles. The summed E-state index contributed by atoms with van der Waals surface area (Å²) in [6.07, 6.45) is 0.669. The van der Waals surface area contributed by atoms with E-state index in [-0.39, 0.29) is 17.0 Å². The number of ether oxygens (including phenoxy) is 1. The van der Waals surface area contributed by atoms with Crippen molar-refractivity contribution in [3.63, 3.8) is 0 Å². The molecule has 0 amide bonds. The molecule has 0 spiro atoms. The molecule has 122 valence electrons. The molecule has 1 unspecified atom stereocenters. The van der Waals surface area contributed by atoms with Gasteiger partial charge in [0.15, 0.2) is 0 Å². The Hall–Kier alpha value is -1.33. The number of rotatable bonds is 3. The maximum Gasteiger partial charge on any atom is 0.323 e. The second kappa shape index (κ2) is 6.05. The van der Waals surface area contributed by atoms with E-state index in [1.165, 1.54) is 18.2 Å². The number of carbonyl (C=O) groups is 1. The van der Waals surface area contributed by atoms with Crippen LogP contribution < -0.4 is 9.74 Å². The summed E-state index contributed by atoms with van der Waals surface area (Å²) in [5.41, 5.74) is 2.40. The molecule has 2 rings (SSSR count). The lowest BCUT2D eigenvalue weighted by Gasteiger charge is -2.36. The molecule has 0 saturated carbocycles. The van der Waals surface area contributed by atoms with E-state index in [0.717, 1.165) is 5.75 Å². The third-order valence-corrected chi connectivity index (χ3v) is 9.16. The van der Waals surface area contributed by atoms with Crippen molar-refractivity contribution in [2.24, 2.45) is 0 Å². The van der Waals surface area contributed by atoms with Crippen LogP contribution in [-0.4, -0.2) is 27.4 Å². The summed E-state index contributed by atoms with van der Waals surface area (Å²) in [7, 11) is -0.396. The van der Waals surface area contributed by atoms with E-state index in [4.69, 9.17) is 9.16 Å². The van der Waals surface area contributed by atoms with Gasteiger partial charge >= 0.3 is 5.97 Å². The van der Waals surface area contributed by atoms with E-state index in [1.54, 1.807) is 0 Å². The van der Waals surface area contributed by atoms with Gasteiger partial charge < -0.3 is 14.5 Å². The molecular weight excluding hydrogens is 294 g/mol. The van der Waals surface area contributed by atoms with Crippen molar-refractivity contribution in [1.82, 2.24) is 5.32 Å². The molecule has 0 bridgehead atoms. The van der Waals surface area contributed by atoms with Crippen molar-refractivity contribution in [1.29, 1.82) is 0 Å². The molecule has 22 heavy (non-hydrogen) atoms. The molecule has 1 aromatic rings. The van der Waals surface area contributed by atoms with Gasteiger partial charge in [0.05, 0.1) is 7.11 Å². The summed E-state index contributed by atoms with van der Waals surface area (Å²) in [5.74, 6) is 0.732. The number of nitrogens with one attached hydrogen (secondary N) is 1. The first-order valence-electron chi connectivity index (χ1n) is 7.76. The first-order valence-corrected chi connectivity index (χ1v) is 10.7. The standard InChI is InChI=1S/C17H27NO3Si/c1-17(2,3)22(5,6)21-14-8-7-12-10-15(16(19)20-4)18-11-13(12)9-14/h7-9,15,18H,10-11H2,1-6H3. The van der Waals surface area contributed by atoms with E-state index < -0.39 is 8.32 Å². The Morgan fingerprint density at radius 3 is 2.55 bits per heavy atom. The summed E-state index contributed by atoms with van der Waals surface area (Å²) in [4.78, 5) is 11.6. The van der Waals surface area contributed by atoms with Crippen LogP contribution >= 0.6 is 0 Å². The molecule has 1 atom stereocenters. The molecule has 0 aromatic heterocycles. The molecule has 1 aliphatic heterocycles. The summed E-state index contributed by atoms with van der Waals surface area (Å²) in [5, 5.41) is 3.41. The lowest BCUT2D eigenvalue weighted by molar-refractivity contribution is -0.143. The van der Waals surface area contributed by atoms with Gasteiger partial charge in [-0.05, 0) is 47.8 Å². The quantitative estimate of drug-likeness (QED) is 0.686. The number of benzene rings is 1. The van der Waals surface area contributed by atoms with Gasteiger partial charge in [0.25, 0.3) is 0 Å². The average Bonchev–Trinajstić information content (AvgIpc) is 2.44. The van der Waals surface area contributed by atoms with Gasteiger partial charge in [-0.1, -0.05) is 26.8 Å². The normalized spacial score (nSPS) is 18.5. The van der Waals surface area contributed by atoms with Crippen LogP contribution in [0.5, 0.6) is 5.75 Å². The van der Waals surface area contributed by atoms with Crippen molar-refractivity contribution in [3.8, 4) is 5.75 Å². The fraction of sp³-hybridized carbons (Fsp3) is 0.588. The molecule has 0 radical (unpaired) electrons. The predicted octanol–water partition coefficient (Wildman–Crippen LogP) is 3.26. The first kappa shape index (κ1) is 17.0. The van der Waals surface area contributed by atoms with Crippen LogP contribution in [-0.2, 0) is 22.5 Å². The van der Waals surface area contributed by atoms with Crippen LogP contribution in [0.4, 0.5) is 0 Å². The monoisotopic (exact) mass is 321 g/mol. The number of hydrogen-bond donors (Lipinski definition) is 1. The SMILES string of the molecule is COC(=O)C1Cc2ccc(O[Si](C)(C)C(C)(C)C)cc2CN1. The van der Waals surface area contributed by atoms with Crippen LogP contribution in [0.2, 0.25) is 18.1 Å². The minimum Gasteiger partial charge on any atom is -0.543 e. The second-order valence-corrected chi connectivity index (χ2v) is 12.2. The zero-order chi connectivity index (χ0) is 16.5. The molecular formula is C17H27NO3Si. The highest BCUT2D eigenvalue weighted by molar-refractivity contribution is 6.74. The van der Waals surface area contributed by atoms with Crippen molar-refractivity contribution in [2.75, 3.05) is 7.11 Å². The summed E-state index contributed by atoms with van der Waals surface area (Å²) in [6.45, 7) is 11.9. The number of hydrogen-bond acceptors (Lipinski definition) is 4. The highest BCUT2D eigenvalue weighted by atomic mass is 28.4. The highest BCUT2D eigenvalue weighted by Gasteiger charge is 2.39. The van der Waals surface area contributed by atoms with Gasteiger partial charge in [-0.2, -0.15) is 0 Å². The van der Waals surface area contributed by atoms with E-state index in [0.29, 0.717) is 13.0 Å². The van der Waals surface area contributed by atoms with E-state index in [9.17, 15) is 4.79 Å². The van der Waals surface area contributed by atoms with Crippen molar-refractivity contribution < 1.29 is 14.0 Å². The largest absolute Gasteiger partial charge is 0.543 e. The van der Waals surface area contributed by atoms with Gasteiger partial charge in [-0.3, -0.25) is 4.79 Å². The fourth-order valence-electron chi connectivity index (χ4n) is 2.31. The fourth-order valence-corrected chi connectivity index (χ4v) is 3.33. The lowest BCUT2D eigenvalue weighted by atomic mass is 9.96. The summed E-state index contributed by atoms with van der Waals surface area (Å²) >= 11 is 0. The minimum atomic E-state index is -1.82. The van der Waals surface area contributed by atoms with E-state index >= 15 is 0 Å². The molecule has 1 aliphatic rings. The van der Waals surface area contributed by atoms with Crippen LogP contribution in [0.15, 0.2) is 18.2 Å². The molecule has 0 aliphatic carbocycles. The van der Waals surface area contributed by atoms with Crippen LogP contribution in [0, 0.1) is 0 Å². The van der Waals surface area contributed by atoms with Gasteiger partial charge in [-0.25, -0.2) is 0 Å². The molecule has 1 aromatic carbocycles.